The summed E-state index contributed by atoms with van der Waals surface area (Å²) in [6.45, 7) is 0. The second-order valence-electron chi connectivity index (χ2n) is 4.42. The second kappa shape index (κ2) is 5.49. The van der Waals surface area contributed by atoms with Crippen LogP contribution in [-0.4, -0.2) is 20.2 Å². The molecule has 1 atom stereocenters. The summed E-state index contributed by atoms with van der Waals surface area (Å²) in [4.78, 5) is 16.3. The molecule has 21 heavy (non-hydrogen) atoms. The first-order chi connectivity index (χ1) is 10.1. The van der Waals surface area contributed by atoms with Gasteiger partial charge in [0.2, 0.25) is 0 Å². The topological polar surface area (TPSA) is 65.1 Å². The fourth-order valence-corrected chi connectivity index (χ4v) is 2.54. The van der Waals surface area contributed by atoms with Crippen LogP contribution < -0.4 is 5.63 Å². The lowest BCUT2D eigenvalue weighted by Crippen LogP contribution is -1.97. The van der Waals surface area contributed by atoms with E-state index in [1.54, 1.807) is 55.0 Å². The smallest absolute Gasteiger partial charge is 0.331 e. The van der Waals surface area contributed by atoms with Gasteiger partial charge in [-0.3, -0.25) is 9.19 Å². The molecule has 1 aromatic carbocycles. The van der Waals surface area contributed by atoms with Crippen molar-refractivity contribution in [1.29, 1.82) is 0 Å². The zero-order valence-electron chi connectivity index (χ0n) is 11.2. The number of nitrogens with zero attached hydrogens (tertiary/aromatic N) is 2. The molecule has 1 unspecified atom stereocenters. The van der Waals surface area contributed by atoms with Crippen molar-refractivity contribution >= 4 is 10.8 Å². The van der Waals surface area contributed by atoms with Crippen molar-refractivity contribution in [3.8, 4) is 16.9 Å². The minimum absolute atomic E-state index is 0.426. The largest absolute Gasteiger partial charge is 0.358 e. The van der Waals surface area contributed by atoms with Crippen LogP contribution in [0, 0.1) is 0 Å². The molecule has 0 aliphatic carbocycles. The van der Waals surface area contributed by atoms with Crippen molar-refractivity contribution in [2.45, 2.75) is 4.90 Å². The molecule has 0 N–H and O–H groups in total. The molecular formula is C15H12N2O3S. The molecule has 0 fully saturated rings. The summed E-state index contributed by atoms with van der Waals surface area (Å²) in [5.41, 5.74) is 1.75. The Balaban J connectivity index is 2.11. The highest BCUT2D eigenvalue weighted by Gasteiger charge is 2.11. The second-order valence-corrected chi connectivity index (χ2v) is 5.80. The number of hydrogen-bond donors (Lipinski definition) is 0. The zero-order chi connectivity index (χ0) is 14.8. The number of pyridine rings is 1. The van der Waals surface area contributed by atoms with Crippen LogP contribution in [0.3, 0.4) is 0 Å². The molecule has 0 saturated heterocycles. The Morgan fingerprint density at radius 2 is 1.76 bits per heavy atom. The molecule has 106 valence electrons. The highest BCUT2D eigenvalue weighted by Crippen LogP contribution is 2.22. The van der Waals surface area contributed by atoms with Crippen LogP contribution in [0.1, 0.15) is 0 Å². The van der Waals surface area contributed by atoms with Crippen LogP contribution in [0.2, 0.25) is 0 Å². The molecule has 3 rings (SSSR count). The van der Waals surface area contributed by atoms with E-state index in [2.05, 4.69) is 4.98 Å². The molecule has 5 nitrogen and oxygen atoms in total. The maximum Gasteiger partial charge on any atom is 0.358 e. The lowest BCUT2D eigenvalue weighted by molar-refractivity contribution is 0.326. The standard InChI is InChI=1S/C15H12N2O3S/c1-21(19)13-4-2-12(3-5-13)17-14(10-15(18)20-17)11-6-8-16-9-7-11/h2-10H,1H3. The van der Waals surface area contributed by atoms with Gasteiger partial charge in [0.15, 0.2) is 0 Å². The summed E-state index contributed by atoms with van der Waals surface area (Å²) in [6, 6.07) is 12.1. The third kappa shape index (κ3) is 2.71. The summed E-state index contributed by atoms with van der Waals surface area (Å²) in [5, 5.41) is 0. The van der Waals surface area contributed by atoms with E-state index in [0.717, 1.165) is 10.5 Å². The molecule has 0 aliphatic rings. The normalized spacial score (nSPS) is 12.2. The first kappa shape index (κ1) is 13.5. The van der Waals surface area contributed by atoms with E-state index in [4.69, 9.17) is 4.52 Å². The summed E-state index contributed by atoms with van der Waals surface area (Å²) in [7, 11) is -1.04. The van der Waals surface area contributed by atoms with Gasteiger partial charge in [-0.1, -0.05) is 0 Å². The van der Waals surface area contributed by atoms with Crippen molar-refractivity contribution in [1.82, 2.24) is 9.72 Å². The van der Waals surface area contributed by atoms with E-state index in [-0.39, 0.29) is 0 Å². The highest BCUT2D eigenvalue weighted by molar-refractivity contribution is 7.84. The molecule has 0 aliphatic heterocycles. The van der Waals surface area contributed by atoms with Crippen molar-refractivity contribution in [3.63, 3.8) is 0 Å². The van der Waals surface area contributed by atoms with E-state index < -0.39 is 16.4 Å². The van der Waals surface area contributed by atoms with Gasteiger partial charge in [0.1, 0.15) is 0 Å². The average molecular weight is 300 g/mol. The van der Waals surface area contributed by atoms with Crippen LogP contribution in [0.15, 0.2) is 69.1 Å². The molecular weight excluding hydrogens is 288 g/mol. The fourth-order valence-electron chi connectivity index (χ4n) is 2.02. The van der Waals surface area contributed by atoms with Crippen LogP contribution in [0.25, 0.3) is 16.9 Å². The van der Waals surface area contributed by atoms with Gasteiger partial charge in [-0.2, -0.15) is 4.74 Å². The van der Waals surface area contributed by atoms with Gasteiger partial charge in [0, 0.05) is 39.9 Å². The zero-order valence-corrected chi connectivity index (χ0v) is 12.0. The molecule has 6 heteroatoms. The fraction of sp³-hybridized carbons (Fsp3) is 0.0667. The lowest BCUT2D eigenvalue weighted by atomic mass is 10.2. The van der Waals surface area contributed by atoms with E-state index in [1.807, 2.05) is 0 Å². The predicted octanol–water partition coefficient (Wildman–Crippen LogP) is 2.23. The highest BCUT2D eigenvalue weighted by atomic mass is 32.2. The SMILES string of the molecule is CS(=O)c1ccc(-n2oc(=O)cc2-c2ccncc2)cc1. The predicted molar refractivity (Wildman–Crippen MR) is 79.9 cm³/mol. The summed E-state index contributed by atoms with van der Waals surface area (Å²) in [5.74, 6) is 0. The van der Waals surface area contributed by atoms with Crippen LogP contribution in [-0.2, 0) is 10.8 Å². The Labute approximate surface area is 123 Å². The maximum absolute atomic E-state index is 11.6. The Bertz CT molecular complexity index is 835. The van der Waals surface area contributed by atoms with Crippen molar-refractivity contribution in [2.75, 3.05) is 6.26 Å². The van der Waals surface area contributed by atoms with Gasteiger partial charge in [-0.25, -0.2) is 4.79 Å². The number of benzene rings is 1. The van der Waals surface area contributed by atoms with Gasteiger partial charge >= 0.3 is 5.63 Å². The van der Waals surface area contributed by atoms with E-state index in [1.165, 1.54) is 10.8 Å². The third-order valence-electron chi connectivity index (χ3n) is 3.03. The molecule has 2 heterocycles. The van der Waals surface area contributed by atoms with Gasteiger partial charge in [0.25, 0.3) is 0 Å². The first-order valence-corrected chi connectivity index (χ1v) is 7.78. The van der Waals surface area contributed by atoms with Gasteiger partial charge < -0.3 is 4.52 Å². The van der Waals surface area contributed by atoms with Gasteiger partial charge in [0.05, 0.1) is 17.4 Å². The van der Waals surface area contributed by atoms with E-state index >= 15 is 0 Å². The Morgan fingerprint density at radius 1 is 1.10 bits per heavy atom. The summed E-state index contributed by atoms with van der Waals surface area (Å²) >= 11 is 0. The molecule has 0 spiro atoms. The Hall–Kier alpha value is -2.47. The molecule has 2 aromatic heterocycles. The molecule has 0 amide bonds. The van der Waals surface area contributed by atoms with Gasteiger partial charge in [-0.05, 0) is 36.4 Å². The quantitative estimate of drug-likeness (QED) is 0.744. The van der Waals surface area contributed by atoms with Crippen molar-refractivity contribution in [3.05, 3.63) is 65.3 Å². The minimum Gasteiger partial charge on any atom is -0.331 e. The number of rotatable bonds is 3. The molecule has 3 aromatic rings. The molecule has 0 saturated carbocycles. The average Bonchev–Trinajstić information content (AvgIpc) is 2.90. The van der Waals surface area contributed by atoms with Crippen LogP contribution in [0.5, 0.6) is 0 Å². The number of aromatic nitrogens is 2. The first-order valence-electron chi connectivity index (χ1n) is 6.23. The molecule has 0 radical (unpaired) electrons. The minimum atomic E-state index is -1.04. The Kier molecular flexibility index (Phi) is 3.53. The summed E-state index contributed by atoms with van der Waals surface area (Å²) in [6.07, 6.45) is 4.92. The van der Waals surface area contributed by atoms with Crippen LogP contribution >= 0.6 is 0 Å². The Morgan fingerprint density at radius 3 is 2.38 bits per heavy atom. The molecule has 0 bridgehead atoms. The number of hydrogen-bond acceptors (Lipinski definition) is 4. The van der Waals surface area contributed by atoms with Gasteiger partial charge in [-0.15, -0.1) is 0 Å². The monoisotopic (exact) mass is 300 g/mol. The van der Waals surface area contributed by atoms with Crippen molar-refractivity contribution < 1.29 is 8.73 Å². The van der Waals surface area contributed by atoms with E-state index in [9.17, 15) is 9.00 Å². The summed E-state index contributed by atoms with van der Waals surface area (Å²) < 4.78 is 18.1. The van der Waals surface area contributed by atoms with Crippen molar-refractivity contribution in [2.24, 2.45) is 0 Å². The van der Waals surface area contributed by atoms with Crippen LogP contribution in [0.4, 0.5) is 0 Å². The van der Waals surface area contributed by atoms with E-state index in [0.29, 0.717) is 11.4 Å². The lowest BCUT2D eigenvalue weighted by Gasteiger charge is -2.06. The third-order valence-corrected chi connectivity index (χ3v) is 3.97. The maximum atomic E-state index is 11.6.